The number of aromatic nitrogens is 4. The molecule has 0 saturated heterocycles. The quantitative estimate of drug-likeness (QED) is 0.696. The molecule has 0 saturated carbocycles. The molecule has 3 aromatic rings. The minimum absolute atomic E-state index is 0.166. The molecular weight excluding hydrogens is 315 g/mol. The first-order chi connectivity index (χ1) is 11.6. The van der Waals surface area contributed by atoms with Crippen LogP contribution in [0.25, 0.3) is 5.69 Å². The summed E-state index contributed by atoms with van der Waals surface area (Å²) in [4.78, 5) is 24.0. The van der Waals surface area contributed by atoms with Gasteiger partial charge in [0.15, 0.2) is 0 Å². The standard InChI is InChI=1S/C15H11FN6O2/c16-13-7-2-1-6-12(13)15(24)19-18-14(23)10-4-3-5-11(8-10)22-9-17-20-21-22/h1-9H,(H,18,23)(H,19,24). The maximum atomic E-state index is 13.5. The predicted molar refractivity (Wildman–Crippen MR) is 80.5 cm³/mol. The third-order valence-electron chi connectivity index (χ3n) is 3.13. The summed E-state index contributed by atoms with van der Waals surface area (Å²) in [7, 11) is 0. The molecule has 2 amide bonds. The van der Waals surface area contributed by atoms with Gasteiger partial charge in [0.05, 0.1) is 11.3 Å². The van der Waals surface area contributed by atoms with Gasteiger partial charge in [-0.25, -0.2) is 9.07 Å². The van der Waals surface area contributed by atoms with Crippen LogP contribution in [0.1, 0.15) is 20.7 Å². The van der Waals surface area contributed by atoms with Crippen molar-refractivity contribution in [1.82, 2.24) is 31.1 Å². The second kappa shape index (κ2) is 6.65. The fraction of sp³-hybridized carbons (Fsp3) is 0. The highest BCUT2D eigenvalue weighted by Gasteiger charge is 2.13. The molecule has 24 heavy (non-hydrogen) atoms. The van der Waals surface area contributed by atoms with E-state index in [1.54, 1.807) is 24.3 Å². The summed E-state index contributed by atoms with van der Waals surface area (Å²) < 4.78 is 14.9. The molecule has 2 N–H and O–H groups in total. The highest BCUT2D eigenvalue weighted by atomic mass is 19.1. The Balaban J connectivity index is 1.68. The number of hydrogen-bond donors (Lipinski definition) is 2. The number of halogens is 1. The van der Waals surface area contributed by atoms with Crippen LogP contribution in [-0.4, -0.2) is 32.0 Å². The molecule has 1 heterocycles. The summed E-state index contributed by atoms with van der Waals surface area (Å²) in [6, 6.07) is 11.9. The van der Waals surface area contributed by atoms with Crippen molar-refractivity contribution < 1.29 is 14.0 Å². The average molecular weight is 326 g/mol. The number of amides is 2. The zero-order chi connectivity index (χ0) is 16.9. The molecule has 0 radical (unpaired) electrons. The Hall–Kier alpha value is -3.62. The van der Waals surface area contributed by atoms with Crippen LogP contribution in [0.15, 0.2) is 54.9 Å². The number of hydrazine groups is 1. The van der Waals surface area contributed by atoms with Gasteiger partial charge in [0.25, 0.3) is 11.8 Å². The highest BCUT2D eigenvalue weighted by molar-refractivity contribution is 5.99. The normalized spacial score (nSPS) is 10.2. The number of benzene rings is 2. The van der Waals surface area contributed by atoms with Crippen LogP contribution in [0.3, 0.4) is 0 Å². The molecule has 0 atom stereocenters. The molecule has 0 aliphatic rings. The van der Waals surface area contributed by atoms with Crippen LogP contribution in [0.2, 0.25) is 0 Å². The first kappa shape index (κ1) is 15.3. The topological polar surface area (TPSA) is 102 Å². The molecule has 2 aromatic carbocycles. The second-order valence-electron chi connectivity index (χ2n) is 4.69. The molecule has 0 bridgehead atoms. The summed E-state index contributed by atoms with van der Waals surface area (Å²) in [6.45, 7) is 0. The minimum atomic E-state index is -0.752. The van der Waals surface area contributed by atoms with Crippen molar-refractivity contribution in [2.24, 2.45) is 0 Å². The van der Waals surface area contributed by atoms with Crippen molar-refractivity contribution in [3.63, 3.8) is 0 Å². The van der Waals surface area contributed by atoms with Gasteiger partial charge in [0, 0.05) is 5.56 Å². The maximum absolute atomic E-state index is 13.5. The van der Waals surface area contributed by atoms with E-state index in [1.165, 1.54) is 29.2 Å². The van der Waals surface area contributed by atoms with E-state index in [-0.39, 0.29) is 11.1 Å². The van der Waals surface area contributed by atoms with Gasteiger partial charge in [0.2, 0.25) is 0 Å². The van der Waals surface area contributed by atoms with Gasteiger partial charge in [-0.05, 0) is 40.8 Å². The maximum Gasteiger partial charge on any atom is 0.272 e. The number of tetrazole rings is 1. The van der Waals surface area contributed by atoms with Crippen LogP contribution < -0.4 is 10.9 Å². The monoisotopic (exact) mass is 326 g/mol. The molecule has 0 fully saturated rings. The lowest BCUT2D eigenvalue weighted by Crippen LogP contribution is -2.42. The summed E-state index contributed by atoms with van der Waals surface area (Å²) in [5, 5.41) is 10.8. The Bertz CT molecular complexity index is 881. The van der Waals surface area contributed by atoms with Crippen LogP contribution in [0, 0.1) is 5.82 Å². The van der Waals surface area contributed by atoms with Gasteiger partial charge < -0.3 is 0 Å². The van der Waals surface area contributed by atoms with E-state index in [0.29, 0.717) is 5.69 Å². The molecular formula is C15H11FN6O2. The number of nitrogens with one attached hydrogen (secondary N) is 2. The van der Waals surface area contributed by atoms with Crippen molar-refractivity contribution in [3.8, 4) is 5.69 Å². The van der Waals surface area contributed by atoms with Crippen molar-refractivity contribution in [2.75, 3.05) is 0 Å². The average Bonchev–Trinajstić information content (AvgIpc) is 3.14. The van der Waals surface area contributed by atoms with Crippen molar-refractivity contribution >= 4 is 11.8 Å². The van der Waals surface area contributed by atoms with E-state index in [2.05, 4.69) is 26.4 Å². The number of carbonyl (C=O) groups excluding carboxylic acids is 2. The van der Waals surface area contributed by atoms with Gasteiger partial charge in [0.1, 0.15) is 12.1 Å². The minimum Gasteiger partial charge on any atom is -0.267 e. The van der Waals surface area contributed by atoms with Gasteiger partial charge in [-0.3, -0.25) is 20.4 Å². The lowest BCUT2D eigenvalue weighted by molar-refractivity contribution is 0.0844. The second-order valence-corrected chi connectivity index (χ2v) is 4.69. The zero-order valence-corrected chi connectivity index (χ0v) is 12.2. The first-order valence-electron chi connectivity index (χ1n) is 6.84. The van der Waals surface area contributed by atoms with E-state index in [1.807, 2.05) is 0 Å². The molecule has 120 valence electrons. The molecule has 0 spiro atoms. The largest absolute Gasteiger partial charge is 0.272 e. The van der Waals surface area contributed by atoms with E-state index in [9.17, 15) is 14.0 Å². The number of nitrogens with zero attached hydrogens (tertiary/aromatic N) is 4. The summed E-state index contributed by atoms with van der Waals surface area (Å²) in [5.74, 6) is -1.99. The Morgan fingerprint density at radius 2 is 1.79 bits per heavy atom. The Kier molecular flexibility index (Phi) is 4.23. The predicted octanol–water partition coefficient (Wildman–Crippen LogP) is 0.876. The van der Waals surface area contributed by atoms with Crippen molar-refractivity contribution in [1.29, 1.82) is 0 Å². The molecule has 0 unspecified atom stereocenters. The van der Waals surface area contributed by atoms with Crippen LogP contribution in [0.4, 0.5) is 4.39 Å². The molecule has 0 aliphatic carbocycles. The SMILES string of the molecule is O=C(NNC(=O)c1ccccc1F)c1cccc(-n2cnnn2)c1. The van der Waals surface area contributed by atoms with Crippen LogP contribution >= 0.6 is 0 Å². The van der Waals surface area contributed by atoms with Gasteiger partial charge in [-0.1, -0.05) is 18.2 Å². The summed E-state index contributed by atoms with van der Waals surface area (Å²) in [5.41, 5.74) is 5.08. The van der Waals surface area contributed by atoms with Gasteiger partial charge in [-0.15, -0.1) is 5.10 Å². The van der Waals surface area contributed by atoms with Crippen molar-refractivity contribution in [3.05, 3.63) is 71.8 Å². The first-order valence-corrected chi connectivity index (χ1v) is 6.84. The lowest BCUT2D eigenvalue weighted by Gasteiger charge is -2.08. The highest BCUT2D eigenvalue weighted by Crippen LogP contribution is 2.09. The molecule has 8 nitrogen and oxygen atoms in total. The number of hydrogen-bond acceptors (Lipinski definition) is 5. The summed E-state index contributed by atoms with van der Waals surface area (Å²) >= 11 is 0. The van der Waals surface area contributed by atoms with E-state index in [0.717, 1.165) is 6.07 Å². The molecule has 9 heteroatoms. The van der Waals surface area contributed by atoms with Crippen LogP contribution in [-0.2, 0) is 0 Å². The molecule has 3 rings (SSSR count). The third-order valence-corrected chi connectivity index (χ3v) is 3.13. The summed E-state index contributed by atoms with van der Waals surface area (Å²) in [6.07, 6.45) is 1.39. The van der Waals surface area contributed by atoms with Gasteiger partial charge in [-0.2, -0.15) is 0 Å². The Morgan fingerprint density at radius 1 is 1.00 bits per heavy atom. The van der Waals surface area contributed by atoms with E-state index < -0.39 is 17.6 Å². The molecule has 1 aromatic heterocycles. The number of carbonyl (C=O) groups is 2. The van der Waals surface area contributed by atoms with Crippen LogP contribution in [0.5, 0.6) is 0 Å². The Morgan fingerprint density at radius 3 is 2.54 bits per heavy atom. The van der Waals surface area contributed by atoms with Crippen molar-refractivity contribution in [2.45, 2.75) is 0 Å². The fourth-order valence-corrected chi connectivity index (χ4v) is 1.97. The van der Waals surface area contributed by atoms with E-state index in [4.69, 9.17) is 0 Å². The smallest absolute Gasteiger partial charge is 0.267 e. The number of rotatable bonds is 3. The zero-order valence-electron chi connectivity index (χ0n) is 12.2. The van der Waals surface area contributed by atoms with Gasteiger partial charge >= 0.3 is 0 Å². The lowest BCUT2D eigenvalue weighted by atomic mass is 10.2. The molecule has 0 aliphatic heterocycles. The van der Waals surface area contributed by atoms with E-state index >= 15 is 0 Å². The third kappa shape index (κ3) is 3.24. The Labute approximate surface area is 135 Å². The fourth-order valence-electron chi connectivity index (χ4n) is 1.97.